The number of benzene rings is 2. The highest BCUT2D eigenvalue weighted by Crippen LogP contribution is 2.36. The lowest BCUT2D eigenvalue weighted by atomic mass is 9.85. The molecule has 0 saturated carbocycles. The van der Waals surface area contributed by atoms with Crippen LogP contribution in [0.25, 0.3) is 0 Å². The van der Waals surface area contributed by atoms with Gasteiger partial charge in [-0.25, -0.2) is 13.9 Å². The van der Waals surface area contributed by atoms with Gasteiger partial charge in [-0.05, 0) is 41.7 Å². The van der Waals surface area contributed by atoms with Crippen molar-refractivity contribution in [3.05, 3.63) is 65.2 Å². The van der Waals surface area contributed by atoms with Crippen LogP contribution < -0.4 is 10.5 Å². The number of guanidine groups is 1. The summed E-state index contributed by atoms with van der Waals surface area (Å²) in [5, 5.41) is 9.83. The zero-order chi connectivity index (χ0) is 24.8. The average Bonchev–Trinajstić information content (AvgIpc) is 2.76. The van der Waals surface area contributed by atoms with Crippen molar-refractivity contribution in [1.29, 1.82) is 0 Å². The van der Waals surface area contributed by atoms with Gasteiger partial charge in [0.2, 0.25) is 9.75 Å². The Bertz CT molecular complexity index is 1100. The highest BCUT2D eigenvalue weighted by molar-refractivity contribution is 7.85. The fourth-order valence-corrected chi connectivity index (χ4v) is 4.49. The smallest absolute Gasteiger partial charge is 0.362 e. The first-order valence-corrected chi connectivity index (χ1v) is 12.7. The Kier molecular flexibility index (Phi) is 9.27. The van der Waals surface area contributed by atoms with E-state index in [1.807, 2.05) is 35.1 Å². The third kappa shape index (κ3) is 8.46. The number of aliphatic imine (C=N–C) groups is 1. The van der Waals surface area contributed by atoms with E-state index in [2.05, 4.69) is 9.18 Å². The number of nitrogens with one attached hydrogen (secondary N) is 1. The van der Waals surface area contributed by atoms with Crippen LogP contribution in [0.1, 0.15) is 29.2 Å². The number of aryl methyl sites for hydroxylation is 1. The molecule has 0 amide bonds. The Hall–Kier alpha value is -1.79. The molecule has 0 saturated heterocycles. The molecule has 2 aromatic carbocycles. The molecule has 13 heteroatoms. The predicted octanol–water partition coefficient (Wildman–Crippen LogP) is 3.47. The van der Waals surface area contributed by atoms with Crippen LogP contribution >= 0.6 is 34.8 Å². The van der Waals surface area contributed by atoms with E-state index in [4.69, 9.17) is 50.0 Å². The van der Waals surface area contributed by atoms with E-state index < -0.39 is 38.8 Å². The van der Waals surface area contributed by atoms with Crippen molar-refractivity contribution in [3.63, 3.8) is 0 Å². The Morgan fingerprint density at radius 1 is 1.21 bits per heavy atom. The topological polar surface area (TPSA) is 132 Å². The summed E-state index contributed by atoms with van der Waals surface area (Å²) in [6.07, 6.45) is 0.707. The molecule has 0 spiro atoms. The molecule has 4 N–H and O–H groups in total. The summed E-state index contributed by atoms with van der Waals surface area (Å²) < 4.78 is 40.4. The monoisotopic (exact) mass is 551 g/mol. The van der Waals surface area contributed by atoms with E-state index in [9.17, 15) is 13.5 Å². The highest BCUT2D eigenvalue weighted by atomic mass is 35.6. The van der Waals surface area contributed by atoms with Gasteiger partial charge in [0.05, 0.1) is 12.7 Å². The van der Waals surface area contributed by atoms with Gasteiger partial charge in [-0.3, -0.25) is 0 Å². The van der Waals surface area contributed by atoms with E-state index in [1.54, 1.807) is 12.1 Å². The number of phenols is 1. The standard InChI is InChI=1S/C21H24Cl3N3O6S/c22-21(23,24)12-33-34(29,30)27-20(25)26-19-17-8-7-16(28)10-15(17)6-9-18(19)32-13-31-11-14-4-2-1-3-5-14/h1-5,7-8,10,18-19,28H,6,9,11-13H2,(H3,25,26,27)/t18-,19+/m1/s1. The predicted molar refractivity (Wildman–Crippen MR) is 130 cm³/mol. The number of hydrogen-bond donors (Lipinski definition) is 3. The molecule has 3 rings (SSSR count). The fourth-order valence-electron chi connectivity index (χ4n) is 3.43. The summed E-state index contributed by atoms with van der Waals surface area (Å²) in [7, 11) is -4.38. The Balaban J connectivity index is 1.71. The van der Waals surface area contributed by atoms with Gasteiger partial charge in [-0.1, -0.05) is 71.2 Å². The molecular formula is C21H24Cl3N3O6S. The molecule has 0 aromatic heterocycles. The molecule has 186 valence electrons. The number of rotatable bonds is 9. The summed E-state index contributed by atoms with van der Waals surface area (Å²) in [5.41, 5.74) is 8.44. The number of phenolic OH excluding ortho intramolecular Hbond substituents is 1. The summed E-state index contributed by atoms with van der Waals surface area (Å²) in [6.45, 7) is -0.346. The zero-order valence-corrected chi connectivity index (χ0v) is 20.9. The number of hydrogen-bond acceptors (Lipinski definition) is 7. The van der Waals surface area contributed by atoms with Crippen molar-refractivity contribution in [1.82, 2.24) is 4.72 Å². The molecule has 0 aliphatic heterocycles. The van der Waals surface area contributed by atoms with Crippen LogP contribution in [-0.4, -0.2) is 42.8 Å². The minimum atomic E-state index is -4.38. The molecule has 0 fully saturated rings. The molecule has 1 aliphatic rings. The molecule has 2 aromatic rings. The van der Waals surface area contributed by atoms with Crippen molar-refractivity contribution >= 4 is 51.1 Å². The van der Waals surface area contributed by atoms with E-state index in [1.165, 1.54) is 6.07 Å². The highest BCUT2D eigenvalue weighted by Gasteiger charge is 2.31. The minimum Gasteiger partial charge on any atom is -0.508 e. The summed E-state index contributed by atoms with van der Waals surface area (Å²) in [6, 6.07) is 13.8. The van der Waals surface area contributed by atoms with Gasteiger partial charge >= 0.3 is 10.3 Å². The van der Waals surface area contributed by atoms with E-state index in [-0.39, 0.29) is 12.5 Å². The third-order valence-electron chi connectivity index (χ3n) is 4.86. The van der Waals surface area contributed by atoms with Crippen LogP contribution in [0.2, 0.25) is 0 Å². The van der Waals surface area contributed by atoms with Gasteiger partial charge in [0, 0.05) is 0 Å². The maximum Gasteiger partial charge on any atom is 0.362 e. The second kappa shape index (κ2) is 11.8. The lowest BCUT2D eigenvalue weighted by Crippen LogP contribution is -2.40. The SMILES string of the molecule is NC(=N[C@H]1c2ccc(O)cc2CC[C@H]1OCOCc1ccccc1)NS(=O)(=O)OCC(Cl)(Cl)Cl. The summed E-state index contributed by atoms with van der Waals surface area (Å²) in [5.74, 6) is -0.324. The molecule has 34 heavy (non-hydrogen) atoms. The molecule has 0 bridgehead atoms. The van der Waals surface area contributed by atoms with Crippen LogP contribution in [-0.2, 0) is 37.0 Å². The number of nitrogens with zero attached hydrogens (tertiary/aromatic N) is 1. The van der Waals surface area contributed by atoms with Crippen molar-refractivity contribution in [2.24, 2.45) is 10.7 Å². The maximum absolute atomic E-state index is 12.1. The molecule has 0 unspecified atom stereocenters. The summed E-state index contributed by atoms with van der Waals surface area (Å²) in [4.78, 5) is 4.32. The van der Waals surface area contributed by atoms with Gasteiger partial charge in [-0.2, -0.15) is 8.42 Å². The molecule has 0 heterocycles. The normalized spacial score (nSPS) is 19.0. The van der Waals surface area contributed by atoms with Gasteiger partial charge in [-0.15, -0.1) is 0 Å². The van der Waals surface area contributed by atoms with Gasteiger partial charge in [0.1, 0.15) is 25.2 Å². The average molecular weight is 553 g/mol. The Morgan fingerprint density at radius 3 is 2.65 bits per heavy atom. The number of fused-ring (bicyclic) bond motifs is 1. The lowest BCUT2D eigenvalue weighted by Gasteiger charge is -2.31. The largest absolute Gasteiger partial charge is 0.508 e. The quantitative estimate of drug-likeness (QED) is 0.143. The second-order valence-corrected chi connectivity index (χ2v) is 11.3. The lowest BCUT2D eigenvalue weighted by molar-refractivity contribution is -0.106. The maximum atomic E-state index is 12.1. The van der Waals surface area contributed by atoms with Crippen LogP contribution in [0.5, 0.6) is 5.75 Å². The minimum absolute atomic E-state index is 0.00299. The van der Waals surface area contributed by atoms with Crippen molar-refractivity contribution in [3.8, 4) is 5.75 Å². The van der Waals surface area contributed by atoms with Crippen LogP contribution in [0.4, 0.5) is 0 Å². The van der Waals surface area contributed by atoms with Gasteiger partial charge in [0.25, 0.3) is 0 Å². The van der Waals surface area contributed by atoms with E-state index >= 15 is 0 Å². The van der Waals surface area contributed by atoms with Gasteiger partial charge < -0.3 is 20.3 Å². The van der Waals surface area contributed by atoms with Crippen LogP contribution in [0.3, 0.4) is 0 Å². The van der Waals surface area contributed by atoms with Crippen molar-refractivity contribution < 1.29 is 27.2 Å². The summed E-state index contributed by atoms with van der Waals surface area (Å²) >= 11 is 16.6. The van der Waals surface area contributed by atoms with Gasteiger partial charge in [0.15, 0.2) is 0 Å². The zero-order valence-electron chi connectivity index (χ0n) is 17.9. The van der Waals surface area contributed by atoms with E-state index in [0.29, 0.717) is 19.4 Å². The molecule has 9 nitrogen and oxygen atoms in total. The first-order chi connectivity index (χ1) is 16.0. The Labute approximate surface area is 213 Å². The van der Waals surface area contributed by atoms with Crippen LogP contribution in [0, 0.1) is 0 Å². The number of alkyl halides is 3. The number of nitrogens with two attached hydrogens (primary N) is 1. The molecule has 2 atom stereocenters. The number of ether oxygens (including phenoxy) is 2. The van der Waals surface area contributed by atoms with Crippen LogP contribution in [0.15, 0.2) is 53.5 Å². The molecular weight excluding hydrogens is 529 g/mol. The van der Waals surface area contributed by atoms with Crippen molar-refractivity contribution in [2.45, 2.75) is 35.4 Å². The molecule has 1 aliphatic carbocycles. The first kappa shape index (κ1) is 26.8. The number of aromatic hydroxyl groups is 1. The Morgan fingerprint density at radius 2 is 1.94 bits per heavy atom. The fraction of sp³-hybridized carbons (Fsp3) is 0.381. The third-order valence-corrected chi connectivity index (χ3v) is 6.07. The molecule has 0 radical (unpaired) electrons. The number of halogens is 3. The van der Waals surface area contributed by atoms with Crippen molar-refractivity contribution in [2.75, 3.05) is 13.4 Å². The first-order valence-electron chi connectivity index (χ1n) is 10.1. The second-order valence-electron chi connectivity index (χ2n) is 7.47. The van der Waals surface area contributed by atoms with E-state index in [0.717, 1.165) is 16.7 Å².